The maximum Gasteiger partial charge on any atom is 0.263 e. The summed E-state index contributed by atoms with van der Waals surface area (Å²) in [6, 6.07) is 0. The van der Waals surface area contributed by atoms with E-state index in [-0.39, 0.29) is 15.5 Å². The van der Waals surface area contributed by atoms with E-state index in [1.165, 1.54) is 6.08 Å². The molecule has 0 radical (unpaired) electrons. The molecule has 0 saturated heterocycles. The number of amides is 1. The number of rotatable bonds is 7. The predicted molar refractivity (Wildman–Crippen MR) is 83.2 cm³/mol. The lowest BCUT2D eigenvalue weighted by Crippen LogP contribution is -2.23. The molecule has 0 bridgehead atoms. The zero-order valence-corrected chi connectivity index (χ0v) is 13.2. The Morgan fingerprint density at radius 2 is 2.15 bits per heavy atom. The molecule has 1 aromatic rings. The van der Waals surface area contributed by atoms with Crippen LogP contribution in [-0.2, 0) is 9.84 Å². The van der Waals surface area contributed by atoms with Crippen LogP contribution in [0.5, 0.6) is 0 Å². The number of anilines is 2. The van der Waals surface area contributed by atoms with Crippen molar-refractivity contribution in [1.82, 2.24) is 5.32 Å². The van der Waals surface area contributed by atoms with Gasteiger partial charge in [-0.1, -0.05) is 13.0 Å². The molecule has 0 unspecified atom stereocenters. The Morgan fingerprint density at radius 3 is 2.65 bits per heavy atom. The Balaban J connectivity index is 3.25. The fraction of sp³-hybridized carbons (Fsp3) is 0.417. The van der Waals surface area contributed by atoms with Crippen molar-refractivity contribution >= 4 is 37.8 Å². The van der Waals surface area contributed by atoms with E-state index in [1.54, 1.807) is 0 Å². The van der Waals surface area contributed by atoms with Gasteiger partial charge in [0.15, 0.2) is 9.84 Å². The monoisotopic (exact) mass is 317 g/mol. The van der Waals surface area contributed by atoms with E-state index in [9.17, 15) is 13.2 Å². The summed E-state index contributed by atoms with van der Waals surface area (Å²) in [5.41, 5.74) is 5.84. The fourth-order valence-corrected chi connectivity index (χ4v) is 4.08. The molecular weight excluding hydrogens is 298 g/mol. The minimum absolute atomic E-state index is 0.000275. The fourth-order valence-electron chi connectivity index (χ4n) is 1.57. The van der Waals surface area contributed by atoms with Crippen LogP contribution in [0.4, 0.5) is 10.7 Å². The van der Waals surface area contributed by atoms with Crippen molar-refractivity contribution in [2.45, 2.75) is 18.2 Å². The minimum Gasteiger partial charge on any atom is -0.396 e. The van der Waals surface area contributed by atoms with Crippen molar-refractivity contribution in [3.63, 3.8) is 0 Å². The molecule has 0 aliphatic heterocycles. The van der Waals surface area contributed by atoms with E-state index < -0.39 is 15.7 Å². The lowest BCUT2D eigenvalue weighted by atomic mass is 10.3. The van der Waals surface area contributed by atoms with Gasteiger partial charge in [-0.3, -0.25) is 4.79 Å². The molecule has 0 fully saturated rings. The van der Waals surface area contributed by atoms with E-state index in [1.807, 2.05) is 6.92 Å². The van der Waals surface area contributed by atoms with Gasteiger partial charge in [-0.05, 0) is 6.42 Å². The summed E-state index contributed by atoms with van der Waals surface area (Å²) in [5, 5.41) is 6.00. The summed E-state index contributed by atoms with van der Waals surface area (Å²) in [6.45, 7) is 6.36. The second-order valence-electron chi connectivity index (χ2n) is 4.20. The molecule has 4 N–H and O–H groups in total. The van der Waals surface area contributed by atoms with Crippen molar-refractivity contribution in [1.29, 1.82) is 0 Å². The molecule has 1 heterocycles. The van der Waals surface area contributed by atoms with Crippen LogP contribution < -0.4 is 16.4 Å². The number of thiophene rings is 1. The predicted octanol–water partition coefficient (Wildman–Crippen LogP) is 1.47. The van der Waals surface area contributed by atoms with Gasteiger partial charge in [0.1, 0.15) is 14.8 Å². The second kappa shape index (κ2) is 6.76. The van der Waals surface area contributed by atoms with Crippen molar-refractivity contribution < 1.29 is 13.2 Å². The second-order valence-corrected chi connectivity index (χ2v) is 7.17. The van der Waals surface area contributed by atoms with Gasteiger partial charge in [0, 0.05) is 19.3 Å². The third-order valence-electron chi connectivity index (χ3n) is 2.42. The van der Waals surface area contributed by atoms with Gasteiger partial charge in [-0.2, -0.15) is 0 Å². The van der Waals surface area contributed by atoms with Crippen LogP contribution in [0.2, 0.25) is 0 Å². The molecule has 0 aromatic carbocycles. The number of carbonyl (C=O) groups excluding carboxylic acids is 1. The van der Waals surface area contributed by atoms with Crippen LogP contribution in [0.25, 0.3) is 0 Å². The van der Waals surface area contributed by atoms with E-state index in [0.717, 1.165) is 24.0 Å². The summed E-state index contributed by atoms with van der Waals surface area (Å²) < 4.78 is 23.7. The van der Waals surface area contributed by atoms with Crippen molar-refractivity contribution in [2.24, 2.45) is 0 Å². The summed E-state index contributed by atoms with van der Waals surface area (Å²) in [7, 11) is -3.50. The maximum atomic E-state index is 11.9. The lowest BCUT2D eigenvalue weighted by molar-refractivity contribution is 0.0963. The lowest BCUT2D eigenvalue weighted by Gasteiger charge is -2.04. The summed E-state index contributed by atoms with van der Waals surface area (Å²) in [6.07, 6.45) is 3.45. The first-order valence-electron chi connectivity index (χ1n) is 6.08. The van der Waals surface area contributed by atoms with Gasteiger partial charge in [-0.25, -0.2) is 8.42 Å². The number of carbonyl (C=O) groups is 1. The largest absolute Gasteiger partial charge is 0.396 e. The Morgan fingerprint density at radius 1 is 1.50 bits per heavy atom. The standard InChI is InChI=1S/C12H19N3O3S2/c1-4-6-14-11(16)9-8(13)10(20(3,17)18)12(19-9)15-7-5-2/h4,15H,1,5-7,13H2,2-3H3,(H,14,16). The van der Waals surface area contributed by atoms with Crippen LogP contribution in [0.1, 0.15) is 23.0 Å². The van der Waals surface area contributed by atoms with Crippen molar-refractivity contribution in [2.75, 3.05) is 30.4 Å². The Hall–Kier alpha value is -1.54. The highest BCUT2D eigenvalue weighted by molar-refractivity contribution is 7.91. The molecule has 8 heteroatoms. The summed E-state index contributed by atoms with van der Waals surface area (Å²) in [4.78, 5) is 12.1. The summed E-state index contributed by atoms with van der Waals surface area (Å²) in [5.74, 6) is -0.401. The molecule has 1 amide bonds. The number of nitrogens with two attached hydrogens (primary N) is 1. The van der Waals surface area contributed by atoms with E-state index in [0.29, 0.717) is 18.1 Å². The average Bonchev–Trinajstić information content (AvgIpc) is 2.70. The molecule has 20 heavy (non-hydrogen) atoms. The van der Waals surface area contributed by atoms with E-state index in [2.05, 4.69) is 17.2 Å². The Labute approximate surface area is 123 Å². The average molecular weight is 317 g/mol. The first kappa shape index (κ1) is 16.5. The van der Waals surface area contributed by atoms with Gasteiger partial charge in [0.25, 0.3) is 5.91 Å². The third kappa shape index (κ3) is 3.73. The molecular formula is C12H19N3O3S2. The van der Waals surface area contributed by atoms with E-state index >= 15 is 0 Å². The molecule has 0 saturated carbocycles. The van der Waals surface area contributed by atoms with Crippen LogP contribution in [-0.4, -0.2) is 33.7 Å². The van der Waals surface area contributed by atoms with Crippen molar-refractivity contribution in [3.8, 4) is 0 Å². The molecule has 1 aromatic heterocycles. The first-order chi connectivity index (χ1) is 9.32. The van der Waals surface area contributed by atoms with Gasteiger partial charge >= 0.3 is 0 Å². The normalized spacial score (nSPS) is 11.1. The zero-order chi connectivity index (χ0) is 15.3. The van der Waals surface area contributed by atoms with Crippen LogP contribution in [0.15, 0.2) is 17.6 Å². The quantitative estimate of drug-likeness (QED) is 0.661. The molecule has 6 nitrogen and oxygen atoms in total. The Kier molecular flexibility index (Phi) is 5.58. The molecule has 0 aliphatic rings. The maximum absolute atomic E-state index is 11.9. The van der Waals surface area contributed by atoms with Crippen molar-refractivity contribution in [3.05, 3.63) is 17.5 Å². The van der Waals surface area contributed by atoms with Crippen LogP contribution in [0.3, 0.4) is 0 Å². The number of hydrogen-bond donors (Lipinski definition) is 3. The van der Waals surface area contributed by atoms with E-state index in [4.69, 9.17) is 5.73 Å². The number of nitrogens with one attached hydrogen (secondary N) is 2. The minimum atomic E-state index is -3.50. The Bertz CT molecular complexity index is 606. The molecule has 112 valence electrons. The number of hydrogen-bond acceptors (Lipinski definition) is 6. The number of sulfone groups is 1. The van der Waals surface area contributed by atoms with Gasteiger partial charge in [0.05, 0.1) is 5.69 Å². The first-order valence-corrected chi connectivity index (χ1v) is 8.79. The summed E-state index contributed by atoms with van der Waals surface area (Å²) >= 11 is 1.05. The molecule has 1 rings (SSSR count). The van der Waals surface area contributed by atoms with Gasteiger partial charge < -0.3 is 16.4 Å². The molecule has 0 spiro atoms. The highest BCUT2D eigenvalue weighted by Crippen LogP contribution is 2.39. The van der Waals surface area contributed by atoms with Crippen LogP contribution >= 0.6 is 11.3 Å². The van der Waals surface area contributed by atoms with Gasteiger partial charge in [-0.15, -0.1) is 17.9 Å². The zero-order valence-electron chi connectivity index (χ0n) is 11.5. The van der Waals surface area contributed by atoms with Gasteiger partial charge in [0.2, 0.25) is 0 Å². The third-order valence-corrected chi connectivity index (χ3v) is 4.88. The van der Waals surface area contributed by atoms with Crippen LogP contribution in [0, 0.1) is 0 Å². The SMILES string of the molecule is C=CCNC(=O)c1sc(NCCC)c(S(C)(=O)=O)c1N. The highest BCUT2D eigenvalue weighted by atomic mass is 32.2. The highest BCUT2D eigenvalue weighted by Gasteiger charge is 2.26. The molecule has 0 aliphatic carbocycles. The molecule has 0 atom stereocenters. The smallest absolute Gasteiger partial charge is 0.263 e. The number of nitrogen functional groups attached to an aromatic ring is 1. The topological polar surface area (TPSA) is 101 Å².